The van der Waals surface area contributed by atoms with E-state index in [0.717, 1.165) is 5.56 Å². The summed E-state index contributed by atoms with van der Waals surface area (Å²) in [5.41, 5.74) is 1.79. The van der Waals surface area contributed by atoms with Crippen LogP contribution in [0, 0.1) is 18.7 Å². The third-order valence-corrected chi connectivity index (χ3v) is 4.67. The Morgan fingerprint density at radius 2 is 1.93 bits per heavy atom. The van der Waals surface area contributed by atoms with E-state index < -0.39 is 11.7 Å². The van der Waals surface area contributed by atoms with Crippen LogP contribution in [-0.4, -0.2) is 31.4 Å². The van der Waals surface area contributed by atoms with Crippen molar-refractivity contribution in [1.29, 1.82) is 0 Å². The summed E-state index contributed by atoms with van der Waals surface area (Å²) in [6.07, 6.45) is -0.0210. The Labute approximate surface area is 167 Å². The average Bonchev–Trinajstić information content (AvgIpc) is 3.03. The molecule has 8 heteroatoms. The molecule has 0 saturated carbocycles. The van der Waals surface area contributed by atoms with E-state index in [9.17, 15) is 18.8 Å². The Kier molecular flexibility index (Phi) is 5.81. The van der Waals surface area contributed by atoms with Gasteiger partial charge in [0.05, 0.1) is 24.4 Å². The predicted octanol–water partition coefficient (Wildman–Crippen LogP) is 3.09. The number of methoxy groups -OCH3 is 1. The quantitative estimate of drug-likeness (QED) is 0.809. The minimum Gasteiger partial charge on any atom is -0.495 e. The number of anilines is 3. The summed E-state index contributed by atoms with van der Waals surface area (Å²) in [5.74, 6) is -1.66. The van der Waals surface area contributed by atoms with Crippen LogP contribution in [0.4, 0.5) is 21.5 Å². The molecule has 1 aliphatic rings. The molecule has 1 atom stereocenters. The summed E-state index contributed by atoms with van der Waals surface area (Å²) in [4.78, 5) is 37.7. The average molecular weight is 399 g/mol. The molecule has 7 nitrogen and oxygen atoms in total. The lowest BCUT2D eigenvalue weighted by Crippen LogP contribution is -2.28. The number of carbonyl (C=O) groups excluding carboxylic acids is 3. The van der Waals surface area contributed by atoms with Gasteiger partial charge in [-0.3, -0.25) is 14.4 Å². The second-order valence-corrected chi connectivity index (χ2v) is 6.95. The van der Waals surface area contributed by atoms with E-state index in [1.807, 2.05) is 0 Å². The summed E-state index contributed by atoms with van der Waals surface area (Å²) in [5, 5.41) is 5.38. The zero-order chi connectivity index (χ0) is 21.1. The number of hydrogen-bond donors (Lipinski definition) is 2. The maximum Gasteiger partial charge on any atom is 0.229 e. The van der Waals surface area contributed by atoms with E-state index in [1.165, 1.54) is 25.0 Å². The van der Waals surface area contributed by atoms with Gasteiger partial charge in [-0.1, -0.05) is 6.07 Å². The number of rotatable bonds is 5. The summed E-state index contributed by atoms with van der Waals surface area (Å²) in [6, 6.07) is 9.46. The summed E-state index contributed by atoms with van der Waals surface area (Å²) in [6.45, 7) is 3.22. The maximum atomic E-state index is 14.3. The summed E-state index contributed by atoms with van der Waals surface area (Å²) >= 11 is 0. The molecule has 29 heavy (non-hydrogen) atoms. The van der Waals surface area contributed by atoms with Gasteiger partial charge in [0.25, 0.3) is 0 Å². The van der Waals surface area contributed by atoms with Crippen LogP contribution in [0.1, 0.15) is 18.9 Å². The van der Waals surface area contributed by atoms with Gasteiger partial charge in [0.2, 0.25) is 17.7 Å². The highest BCUT2D eigenvalue weighted by Gasteiger charge is 2.36. The zero-order valence-electron chi connectivity index (χ0n) is 16.4. The first-order valence-electron chi connectivity index (χ1n) is 9.11. The Hall–Kier alpha value is -3.42. The Bertz CT molecular complexity index is 976. The third kappa shape index (κ3) is 4.53. The molecule has 0 radical (unpaired) electrons. The molecule has 3 rings (SSSR count). The fourth-order valence-corrected chi connectivity index (χ4v) is 3.27. The second-order valence-electron chi connectivity index (χ2n) is 6.95. The van der Waals surface area contributed by atoms with Gasteiger partial charge in [-0.2, -0.15) is 0 Å². The van der Waals surface area contributed by atoms with Crippen LogP contribution >= 0.6 is 0 Å². The third-order valence-electron chi connectivity index (χ3n) is 4.67. The van der Waals surface area contributed by atoms with E-state index in [-0.39, 0.29) is 36.4 Å². The fourth-order valence-electron chi connectivity index (χ4n) is 3.27. The molecule has 2 aromatic carbocycles. The van der Waals surface area contributed by atoms with Gasteiger partial charge in [-0.25, -0.2) is 4.39 Å². The van der Waals surface area contributed by atoms with E-state index in [4.69, 9.17) is 4.74 Å². The Balaban J connectivity index is 1.76. The molecule has 0 spiro atoms. The molecule has 1 aliphatic heterocycles. The fraction of sp³-hybridized carbons (Fsp3) is 0.286. The predicted molar refractivity (Wildman–Crippen MR) is 108 cm³/mol. The number of carbonyl (C=O) groups is 3. The minimum atomic E-state index is -0.641. The van der Waals surface area contributed by atoms with E-state index in [0.29, 0.717) is 17.1 Å². The minimum absolute atomic E-state index is 0.0210. The second kappa shape index (κ2) is 8.30. The Morgan fingerprint density at radius 3 is 2.59 bits per heavy atom. The molecular formula is C21H22FN3O4. The van der Waals surface area contributed by atoms with Crippen molar-refractivity contribution in [3.8, 4) is 5.75 Å². The monoisotopic (exact) mass is 399 g/mol. The normalized spacial score (nSPS) is 15.9. The molecule has 3 amide bonds. The highest BCUT2D eigenvalue weighted by molar-refractivity contribution is 6.04. The number of halogens is 1. The van der Waals surface area contributed by atoms with Crippen LogP contribution in [-0.2, 0) is 14.4 Å². The van der Waals surface area contributed by atoms with Crippen molar-refractivity contribution >= 4 is 34.8 Å². The van der Waals surface area contributed by atoms with E-state index in [2.05, 4.69) is 10.6 Å². The van der Waals surface area contributed by atoms with Crippen LogP contribution in [0.25, 0.3) is 0 Å². The number of aryl methyl sites for hydroxylation is 1. The van der Waals surface area contributed by atoms with E-state index >= 15 is 0 Å². The highest BCUT2D eigenvalue weighted by atomic mass is 19.1. The van der Waals surface area contributed by atoms with Gasteiger partial charge in [0, 0.05) is 25.6 Å². The number of ether oxygens (including phenoxy) is 1. The molecule has 0 aliphatic carbocycles. The lowest BCUT2D eigenvalue weighted by atomic mass is 10.1. The van der Waals surface area contributed by atoms with Gasteiger partial charge in [-0.05, 0) is 42.8 Å². The van der Waals surface area contributed by atoms with Crippen molar-refractivity contribution in [1.82, 2.24) is 0 Å². The maximum absolute atomic E-state index is 14.3. The van der Waals surface area contributed by atoms with E-state index in [1.54, 1.807) is 37.3 Å². The van der Waals surface area contributed by atoms with Gasteiger partial charge in [-0.15, -0.1) is 0 Å². The zero-order valence-corrected chi connectivity index (χ0v) is 16.4. The number of amides is 3. The molecule has 1 heterocycles. The Morgan fingerprint density at radius 1 is 1.17 bits per heavy atom. The SMILES string of the molecule is COc1ccc(NC(C)=O)cc1NC(=O)C1CC(=O)N(c2ccc(C)cc2F)C1. The van der Waals surface area contributed by atoms with Crippen molar-refractivity contribution < 1.29 is 23.5 Å². The van der Waals surface area contributed by atoms with Gasteiger partial charge in [0.1, 0.15) is 11.6 Å². The summed E-state index contributed by atoms with van der Waals surface area (Å²) in [7, 11) is 1.46. The first kappa shape index (κ1) is 20.3. The van der Waals surface area contributed by atoms with Crippen molar-refractivity contribution in [2.24, 2.45) is 5.92 Å². The lowest BCUT2D eigenvalue weighted by Gasteiger charge is -2.18. The van der Waals surface area contributed by atoms with Crippen LogP contribution in [0.15, 0.2) is 36.4 Å². The van der Waals surface area contributed by atoms with Gasteiger partial charge in [0.15, 0.2) is 0 Å². The number of hydrogen-bond acceptors (Lipinski definition) is 4. The lowest BCUT2D eigenvalue weighted by molar-refractivity contribution is -0.122. The molecule has 0 bridgehead atoms. The van der Waals surface area contributed by atoms with Crippen molar-refractivity contribution in [3.63, 3.8) is 0 Å². The van der Waals surface area contributed by atoms with Gasteiger partial charge < -0.3 is 20.3 Å². The molecule has 2 N–H and O–H groups in total. The molecule has 0 aromatic heterocycles. The molecule has 2 aromatic rings. The smallest absolute Gasteiger partial charge is 0.229 e. The highest BCUT2D eigenvalue weighted by Crippen LogP contribution is 2.31. The van der Waals surface area contributed by atoms with Crippen LogP contribution in [0.3, 0.4) is 0 Å². The number of nitrogens with one attached hydrogen (secondary N) is 2. The number of nitrogens with zero attached hydrogens (tertiary/aromatic N) is 1. The topological polar surface area (TPSA) is 87.7 Å². The standard InChI is InChI=1S/C21H22FN3O4/c1-12-4-6-18(16(22)8-12)25-11-14(9-20(25)27)21(28)24-17-10-15(23-13(2)26)5-7-19(17)29-3/h4-8,10,14H,9,11H2,1-3H3,(H,23,26)(H,24,28). The molecule has 152 valence electrons. The van der Waals surface area contributed by atoms with Crippen LogP contribution in [0.5, 0.6) is 5.75 Å². The first-order valence-corrected chi connectivity index (χ1v) is 9.11. The molecule has 1 saturated heterocycles. The van der Waals surface area contributed by atoms with Gasteiger partial charge >= 0.3 is 0 Å². The summed E-state index contributed by atoms with van der Waals surface area (Å²) < 4.78 is 19.5. The van der Waals surface area contributed by atoms with Crippen molar-refractivity contribution in [3.05, 3.63) is 47.8 Å². The van der Waals surface area contributed by atoms with Crippen LogP contribution < -0.4 is 20.3 Å². The largest absolute Gasteiger partial charge is 0.495 e. The van der Waals surface area contributed by atoms with Crippen LogP contribution in [0.2, 0.25) is 0 Å². The van der Waals surface area contributed by atoms with Crippen molar-refractivity contribution in [2.75, 3.05) is 29.2 Å². The molecule has 1 unspecified atom stereocenters. The molecule has 1 fully saturated rings. The first-order chi connectivity index (χ1) is 13.8. The molecular weight excluding hydrogens is 377 g/mol. The van der Waals surface area contributed by atoms with Crippen molar-refractivity contribution in [2.45, 2.75) is 20.3 Å². The number of benzene rings is 2.